The van der Waals surface area contributed by atoms with E-state index in [0.29, 0.717) is 12.1 Å². The summed E-state index contributed by atoms with van der Waals surface area (Å²) in [5, 5.41) is 6.90. The van der Waals surface area contributed by atoms with Gasteiger partial charge < -0.3 is 15.4 Å². The Morgan fingerprint density at radius 2 is 1.94 bits per heavy atom. The number of benzene rings is 1. The Morgan fingerprint density at radius 3 is 2.59 bits per heavy atom. The van der Waals surface area contributed by atoms with Crippen LogP contribution in [0.2, 0.25) is 0 Å². The molecular weight excluding hydrogens is 212 g/mol. The minimum Gasteiger partial charge on any atom is -0.496 e. The molecule has 0 heterocycles. The van der Waals surface area contributed by atoms with Crippen molar-refractivity contribution in [3.63, 3.8) is 0 Å². The average Bonchev–Trinajstić information content (AvgIpc) is 2.36. The number of hydrogen-bond acceptors (Lipinski definition) is 3. The van der Waals surface area contributed by atoms with E-state index >= 15 is 0 Å². The average molecular weight is 236 g/mol. The summed E-state index contributed by atoms with van der Waals surface area (Å²) in [6.07, 6.45) is 0. The third-order valence-electron chi connectivity index (χ3n) is 2.84. The predicted octanol–water partition coefficient (Wildman–Crippen LogP) is 2.34. The summed E-state index contributed by atoms with van der Waals surface area (Å²) >= 11 is 0. The molecule has 0 spiro atoms. The molecular formula is C14H24N2O. The SMILES string of the molecule is CCNCC(C)N[C@@H](C)c1ccccc1OC. The first kappa shape index (κ1) is 14.0. The second-order valence-electron chi connectivity index (χ2n) is 4.34. The van der Waals surface area contributed by atoms with Gasteiger partial charge in [-0.05, 0) is 26.5 Å². The number of rotatable bonds is 7. The van der Waals surface area contributed by atoms with Gasteiger partial charge in [0.25, 0.3) is 0 Å². The fraction of sp³-hybridized carbons (Fsp3) is 0.571. The largest absolute Gasteiger partial charge is 0.496 e. The van der Waals surface area contributed by atoms with Crippen molar-refractivity contribution in [2.75, 3.05) is 20.2 Å². The summed E-state index contributed by atoms with van der Waals surface area (Å²) < 4.78 is 5.37. The van der Waals surface area contributed by atoms with Crippen LogP contribution in [0.15, 0.2) is 24.3 Å². The van der Waals surface area contributed by atoms with Crippen LogP contribution in [0, 0.1) is 0 Å². The Hall–Kier alpha value is -1.06. The van der Waals surface area contributed by atoms with Gasteiger partial charge in [-0.25, -0.2) is 0 Å². The molecule has 3 heteroatoms. The number of nitrogens with one attached hydrogen (secondary N) is 2. The number of methoxy groups -OCH3 is 1. The van der Waals surface area contributed by atoms with E-state index in [1.54, 1.807) is 7.11 Å². The molecule has 0 aliphatic rings. The summed E-state index contributed by atoms with van der Waals surface area (Å²) in [5.74, 6) is 0.947. The molecule has 1 unspecified atom stereocenters. The van der Waals surface area contributed by atoms with Crippen molar-refractivity contribution in [2.45, 2.75) is 32.9 Å². The van der Waals surface area contributed by atoms with E-state index in [1.165, 1.54) is 5.56 Å². The molecule has 0 fully saturated rings. The van der Waals surface area contributed by atoms with E-state index in [-0.39, 0.29) is 0 Å². The van der Waals surface area contributed by atoms with Gasteiger partial charge in [0.05, 0.1) is 7.11 Å². The maximum Gasteiger partial charge on any atom is 0.123 e. The topological polar surface area (TPSA) is 33.3 Å². The lowest BCUT2D eigenvalue weighted by Crippen LogP contribution is -2.37. The number of ether oxygens (including phenoxy) is 1. The highest BCUT2D eigenvalue weighted by atomic mass is 16.5. The molecule has 1 aromatic rings. The lowest BCUT2D eigenvalue weighted by molar-refractivity contribution is 0.393. The molecule has 1 rings (SSSR count). The molecule has 0 aliphatic carbocycles. The summed E-state index contributed by atoms with van der Waals surface area (Å²) in [5.41, 5.74) is 1.21. The van der Waals surface area contributed by atoms with Gasteiger partial charge in [-0.1, -0.05) is 25.1 Å². The van der Waals surface area contributed by atoms with Crippen molar-refractivity contribution in [1.29, 1.82) is 0 Å². The highest BCUT2D eigenvalue weighted by molar-refractivity contribution is 5.35. The molecule has 96 valence electrons. The number of hydrogen-bond donors (Lipinski definition) is 2. The van der Waals surface area contributed by atoms with Crippen LogP contribution in [0.3, 0.4) is 0 Å². The summed E-state index contributed by atoms with van der Waals surface area (Å²) in [7, 11) is 1.72. The zero-order chi connectivity index (χ0) is 12.7. The molecule has 0 aromatic heterocycles. The van der Waals surface area contributed by atoms with Crippen molar-refractivity contribution in [3.8, 4) is 5.75 Å². The van der Waals surface area contributed by atoms with E-state index in [4.69, 9.17) is 4.74 Å². The maximum absolute atomic E-state index is 5.37. The Labute approximate surface area is 105 Å². The Morgan fingerprint density at radius 1 is 1.24 bits per heavy atom. The van der Waals surface area contributed by atoms with E-state index < -0.39 is 0 Å². The lowest BCUT2D eigenvalue weighted by atomic mass is 10.1. The monoisotopic (exact) mass is 236 g/mol. The Bertz CT molecular complexity index is 328. The zero-order valence-electron chi connectivity index (χ0n) is 11.3. The first-order chi connectivity index (χ1) is 8.19. The van der Waals surface area contributed by atoms with Crippen LogP contribution in [0.1, 0.15) is 32.4 Å². The second kappa shape index (κ2) is 7.30. The Balaban J connectivity index is 2.59. The lowest BCUT2D eigenvalue weighted by Gasteiger charge is -2.22. The highest BCUT2D eigenvalue weighted by Gasteiger charge is 2.12. The molecule has 0 saturated carbocycles. The summed E-state index contributed by atoms with van der Waals surface area (Å²) in [4.78, 5) is 0. The summed E-state index contributed by atoms with van der Waals surface area (Å²) in [6, 6.07) is 8.88. The van der Waals surface area contributed by atoms with E-state index in [0.717, 1.165) is 18.8 Å². The first-order valence-electron chi connectivity index (χ1n) is 6.28. The second-order valence-corrected chi connectivity index (χ2v) is 4.34. The third kappa shape index (κ3) is 4.36. The van der Waals surface area contributed by atoms with E-state index in [9.17, 15) is 0 Å². The van der Waals surface area contributed by atoms with Crippen LogP contribution in [0.25, 0.3) is 0 Å². The first-order valence-corrected chi connectivity index (χ1v) is 6.28. The van der Waals surface area contributed by atoms with Gasteiger partial charge >= 0.3 is 0 Å². The third-order valence-corrected chi connectivity index (χ3v) is 2.84. The molecule has 2 atom stereocenters. The predicted molar refractivity (Wildman–Crippen MR) is 72.6 cm³/mol. The number of likely N-dealkylation sites (N-methyl/N-ethyl adjacent to an activating group) is 1. The molecule has 0 aliphatic heterocycles. The quantitative estimate of drug-likeness (QED) is 0.762. The van der Waals surface area contributed by atoms with Crippen LogP contribution < -0.4 is 15.4 Å². The van der Waals surface area contributed by atoms with Crippen LogP contribution in [-0.4, -0.2) is 26.2 Å². The van der Waals surface area contributed by atoms with Gasteiger partial charge in [-0.2, -0.15) is 0 Å². The molecule has 0 saturated heterocycles. The van der Waals surface area contributed by atoms with Gasteiger partial charge in [-0.15, -0.1) is 0 Å². The van der Waals surface area contributed by atoms with Gasteiger partial charge in [0, 0.05) is 24.2 Å². The van der Waals surface area contributed by atoms with Crippen LogP contribution in [0.5, 0.6) is 5.75 Å². The van der Waals surface area contributed by atoms with Crippen molar-refractivity contribution >= 4 is 0 Å². The van der Waals surface area contributed by atoms with Crippen molar-refractivity contribution in [2.24, 2.45) is 0 Å². The fourth-order valence-corrected chi connectivity index (χ4v) is 1.96. The van der Waals surface area contributed by atoms with E-state index in [1.807, 2.05) is 18.2 Å². The molecule has 17 heavy (non-hydrogen) atoms. The molecule has 2 N–H and O–H groups in total. The molecule has 0 amide bonds. The van der Waals surface area contributed by atoms with Crippen LogP contribution in [-0.2, 0) is 0 Å². The highest BCUT2D eigenvalue weighted by Crippen LogP contribution is 2.24. The molecule has 3 nitrogen and oxygen atoms in total. The zero-order valence-corrected chi connectivity index (χ0v) is 11.3. The maximum atomic E-state index is 5.37. The van der Waals surface area contributed by atoms with Crippen LogP contribution in [0.4, 0.5) is 0 Å². The Kier molecular flexibility index (Phi) is 6.01. The van der Waals surface area contributed by atoms with Crippen molar-refractivity contribution in [3.05, 3.63) is 29.8 Å². The normalized spacial score (nSPS) is 14.4. The summed E-state index contributed by atoms with van der Waals surface area (Å²) in [6.45, 7) is 8.47. The van der Waals surface area contributed by atoms with Crippen molar-refractivity contribution < 1.29 is 4.74 Å². The van der Waals surface area contributed by atoms with Crippen molar-refractivity contribution in [1.82, 2.24) is 10.6 Å². The van der Waals surface area contributed by atoms with E-state index in [2.05, 4.69) is 37.5 Å². The van der Waals surface area contributed by atoms with Crippen LogP contribution >= 0.6 is 0 Å². The molecule has 1 aromatic carbocycles. The number of para-hydroxylation sites is 1. The minimum absolute atomic E-state index is 0.291. The standard InChI is InChI=1S/C14H24N2O/c1-5-15-10-11(2)16-12(3)13-8-6-7-9-14(13)17-4/h6-9,11-12,15-16H,5,10H2,1-4H3/t11?,12-/m0/s1. The minimum atomic E-state index is 0.291. The molecule has 0 radical (unpaired) electrons. The van der Waals surface area contributed by atoms with Gasteiger partial charge in [0.1, 0.15) is 5.75 Å². The van der Waals surface area contributed by atoms with Gasteiger partial charge in [-0.3, -0.25) is 0 Å². The smallest absolute Gasteiger partial charge is 0.123 e. The fourth-order valence-electron chi connectivity index (χ4n) is 1.96. The van der Waals surface area contributed by atoms with Gasteiger partial charge in [0.15, 0.2) is 0 Å². The van der Waals surface area contributed by atoms with Gasteiger partial charge in [0.2, 0.25) is 0 Å². The molecule has 0 bridgehead atoms.